The number of aldehydes is 1. The number of carbonyl (C=O) groups excluding carboxylic acids is 1. The zero-order chi connectivity index (χ0) is 12.1. The molecule has 0 aliphatic heterocycles. The van der Waals surface area contributed by atoms with Crippen molar-refractivity contribution in [1.29, 1.82) is 0 Å². The molecule has 92 valence electrons. The summed E-state index contributed by atoms with van der Waals surface area (Å²) in [5.41, 5.74) is 2.67. The Morgan fingerprint density at radius 2 is 2.06 bits per heavy atom. The Kier molecular flexibility index (Phi) is 4.36. The van der Waals surface area contributed by atoms with E-state index in [1.54, 1.807) is 0 Å². The van der Waals surface area contributed by atoms with E-state index in [0.717, 1.165) is 12.7 Å². The van der Waals surface area contributed by atoms with Crippen LogP contribution in [0.4, 0.5) is 0 Å². The summed E-state index contributed by atoms with van der Waals surface area (Å²) in [6, 6.07) is 8.44. The fourth-order valence-electron chi connectivity index (χ4n) is 3.01. The SMILES string of the molecule is CCCCCCC1Cc2ccccc2C1C=O. The average molecular weight is 230 g/mol. The Balaban J connectivity index is 1.95. The van der Waals surface area contributed by atoms with Gasteiger partial charge in [-0.2, -0.15) is 0 Å². The second kappa shape index (κ2) is 6.00. The lowest BCUT2D eigenvalue weighted by molar-refractivity contribution is -0.109. The standard InChI is InChI=1S/C16H22O/c1-2-3-4-5-8-14-11-13-9-6-7-10-15(13)16(14)12-17/h6-7,9-10,12,14,16H,2-5,8,11H2,1H3. The molecule has 2 atom stereocenters. The van der Waals surface area contributed by atoms with E-state index in [1.807, 2.05) is 0 Å². The highest BCUT2D eigenvalue weighted by atomic mass is 16.1. The fourth-order valence-corrected chi connectivity index (χ4v) is 3.01. The molecule has 1 aromatic rings. The van der Waals surface area contributed by atoms with E-state index < -0.39 is 0 Å². The zero-order valence-electron chi connectivity index (χ0n) is 10.7. The van der Waals surface area contributed by atoms with Gasteiger partial charge in [-0.3, -0.25) is 0 Å². The molecule has 0 saturated carbocycles. The molecular formula is C16H22O. The first-order valence-electron chi connectivity index (χ1n) is 6.90. The van der Waals surface area contributed by atoms with Gasteiger partial charge < -0.3 is 4.79 Å². The van der Waals surface area contributed by atoms with Crippen LogP contribution in [0.25, 0.3) is 0 Å². The third kappa shape index (κ3) is 2.77. The fraction of sp³-hybridized carbons (Fsp3) is 0.562. The number of hydrogen-bond donors (Lipinski definition) is 0. The van der Waals surface area contributed by atoms with Crippen molar-refractivity contribution in [2.24, 2.45) is 5.92 Å². The number of rotatable bonds is 6. The Bertz CT molecular complexity index is 370. The van der Waals surface area contributed by atoms with Gasteiger partial charge in [-0.1, -0.05) is 56.9 Å². The lowest BCUT2D eigenvalue weighted by Gasteiger charge is -2.14. The van der Waals surface area contributed by atoms with E-state index in [1.165, 1.54) is 43.2 Å². The Morgan fingerprint density at radius 3 is 2.82 bits per heavy atom. The smallest absolute Gasteiger partial charge is 0.127 e. The summed E-state index contributed by atoms with van der Waals surface area (Å²) < 4.78 is 0. The minimum Gasteiger partial charge on any atom is -0.303 e. The molecule has 0 fully saturated rings. The van der Waals surface area contributed by atoms with E-state index >= 15 is 0 Å². The third-order valence-electron chi connectivity index (χ3n) is 3.98. The van der Waals surface area contributed by atoms with Crippen LogP contribution in [0, 0.1) is 5.92 Å². The molecule has 1 nitrogen and oxygen atoms in total. The first-order chi connectivity index (χ1) is 8.36. The van der Waals surface area contributed by atoms with Crippen LogP contribution in [0.3, 0.4) is 0 Å². The van der Waals surface area contributed by atoms with E-state index in [2.05, 4.69) is 31.2 Å². The van der Waals surface area contributed by atoms with Crippen molar-refractivity contribution < 1.29 is 4.79 Å². The maximum absolute atomic E-state index is 11.3. The molecule has 17 heavy (non-hydrogen) atoms. The van der Waals surface area contributed by atoms with Crippen molar-refractivity contribution in [2.75, 3.05) is 0 Å². The van der Waals surface area contributed by atoms with Crippen LogP contribution in [0.2, 0.25) is 0 Å². The summed E-state index contributed by atoms with van der Waals surface area (Å²) in [4.78, 5) is 11.3. The van der Waals surface area contributed by atoms with E-state index in [0.29, 0.717) is 5.92 Å². The van der Waals surface area contributed by atoms with Crippen molar-refractivity contribution in [1.82, 2.24) is 0 Å². The lowest BCUT2D eigenvalue weighted by atomic mass is 9.89. The van der Waals surface area contributed by atoms with Gasteiger partial charge in [0.1, 0.15) is 6.29 Å². The summed E-state index contributed by atoms with van der Waals surface area (Å²) in [7, 11) is 0. The predicted octanol–water partition coefficient (Wildman–Crippen LogP) is 4.11. The molecule has 0 amide bonds. The van der Waals surface area contributed by atoms with Gasteiger partial charge in [0.2, 0.25) is 0 Å². The molecule has 1 heteroatoms. The minimum atomic E-state index is 0.160. The summed E-state index contributed by atoms with van der Waals surface area (Å²) in [5, 5.41) is 0. The van der Waals surface area contributed by atoms with E-state index in [9.17, 15) is 4.79 Å². The van der Waals surface area contributed by atoms with E-state index in [4.69, 9.17) is 0 Å². The molecule has 0 heterocycles. The second-order valence-corrected chi connectivity index (χ2v) is 5.17. The van der Waals surface area contributed by atoms with Crippen LogP contribution >= 0.6 is 0 Å². The molecule has 1 aliphatic carbocycles. The molecule has 0 aromatic heterocycles. The molecule has 0 bridgehead atoms. The van der Waals surface area contributed by atoms with E-state index in [-0.39, 0.29) is 5.92 Å². The summed E-state index contributed by atoms with van der Waals surface area (Å²) in [5.74, 6) is 0.717. The maximum atomic E-state index is 11.3. The van der Waals surface area contributed by atoms with Gasteiger partial charge >= 0.3 is 0 Å². The van der Waals surface area contributed by atoms with Crippen LogP contribution in [0.15, 0.2) is 24.3 Å². The summed E-state index contributed by atoms with van der Waals surface area (Å²) in [6.45, 7) is 2.24. The van der Waals surface area contributed by atoms with Gasteiger partial charge in [0, 0.05) is 5.92 Å². The summed E-state index contributed by atoms with van der Waals surface area (Å²) in [6.07, 6.45) is 8.67. The van der Waals surface area contributed by atoms with Crippen molar-refractivity contribution in [3.8, 4) is 0 Å². The number of carbonyl (C=O) groups is 1. The zero-order valence-corrected chi connectivity index (χ0v) is 10.7. The molecule has 0 spiro atoms. The third-order valence-corrected chi connectivity index (χ3v) is 3.98. The van der Waals surface area contributed by atoms with Gasteiger partial charge in [0.25, 0.3) is 0 Å². The number of benzene rings is 1. The number of hydrogen-bond acceptors (Lipinski definition) is 1. The predicted molar refractivity (Wildman–Crippen MR) is 71.2 cm³/mol. The Hall–Kier alpha value is -1.11. The lowest BCUT2D eigenvalue weighted by Crippen LogP contribution is -2.09. The first kappa shape index (κ1) is 12.3. The van der Waals surface area contributed by atoms with Crippen molar-refractivity contribution in [3.63, 3.8) is 0 Å². The Morgan fingerprint density at radius 1 is 1.24 bits per heavy atom. The van der Waals surface area contributed by atoms with Gasteiger partial charge in [-0.05, 0) is 29.9 Å². The molecule has 1 aromatic carbocycles. The maximum Gasteiger partial charge on any atom is 0.127 e. The molecular weight excluding hydrogens is 208 g/mol. The van der Waals surface area contributed by atoms with Gasteiger partial charge in [-0.25, -0.2) is 0 Å². The van der Waals surface area contributed by atoms with Crippen molar-refractivity contribution in [3.05, 3.63) is 35.4 Å². The normalized spacial score (nSPS) is 22.4. The molecule has 0 N–H and O–H groups in total. The quantitative estimate of drug-likeness (QED) is 0.531. The first-order valence-corrected chi connectivity index (χ1v) is 6.90. The number of unbranched alkanes of at least 4 members (excludes halogenated alkanes) is 3. The second-order valence-electron chi connectivity index (χ2n) is 5.17. The Labute approximate surface area is 104 Å². The molecule has 1 aliphatic rings. The highest BCUT2D eigenvalue weighted by Gasteiger charge is 2.31. The molecule has 2 unspecified atom stereocenters. The van der Waals surface area contributed by atoms with Crippen molar-refractivity contribution in [2.45, 2.75) is 51.4 Å². The van der Waals surface area contributed by atoms with Crippen molar-refractivity contribution >= 4 is 6.29 Å². The van der Waals surface area contributed by atoms with Crippen LogP contribution < -0.4 is 0 Å². The van der Waals surface area contributed by atoms with Gasteiger partial charge in [0.15, 0.2) is 0 Å². The average Bonchev–Trinajstić information content (AvgIpc) is 2.72. The van der Waals surface area contributed by atoms with Crippen LogP contribution in [-0.4, -0.2) is 6.29 Å². The van der Waals surface area contributed by atoms with Gasteiger partial charge in [0.05, 0.1) is 0 Å². The minimum absolute atomic E-state index is 0.160. The van der Waals surface area contributed by atoms with Gasteiger partial charge in [-0.15, -0.1) is 0 Å². The highest BCUT2D eigenvalue weighted by Crippen LogP contribution is 2.39. The largest absolute Gasteiger partial charge is 0.303 e. The molecule has 0 radical (unpaired) electrons. The van der Waals surface area contributed by atoms with Crippen LogP contribution in [-0.2, 0) is 11.2 Å². The highest BCUT2D eigenvalue weighted by molar-refractivity contribution is 5.66. The monoisotopic (exact) mass is 230 g/mol. The molecule has 0 saturated heterocycles. The van der Waals surface area contributed by atoms with Crippen LogP contribution in [0.1, 0.15) is 56.1 Å². The molecule has 2 rings (SSSR count). The number of fused-ring (bicyclic) bond motifs is 1. The summed E-state index contributed by atoms with van der Waals surface area (Å²) >= 11 is 0. The topological polar surface area (TPSA) is 17.1 Å². The van der Waals surface area contributed by atoms with Crippen LogP contribution in [0.5, 0.6) is 0 Å².